The predicted molar refractivity (Wildman–Crippen MR) is 89.7 cm³/mol. The first-order valence-electron chi connectivity index (χ1n) is 6.87. The Bertz CT molecular complexity index is 685. The second kappa shape index (κ2) is 6.09. The number of nitrogens with zero attached hydrogens (tertiary/aromatic N) is 1. The van der Waals surface area contributed by atoms with Crippen molar-refractivity contribution in [3.05, 3.63) is 63.1 Å². The van der Waals surface area contributed by atoms with Crippen LogP contribution in [-0.2, 0) is 0 Å². The van der Waals surface area contributed by atoms with E-state index in [1.54, 1.807) is 12.1 Å². The molecule has 106 valence electrons. The lowest BCUT2D eigenvalue weighted by Gasteiger charge is -2.37. The molecule has 1 aliphatic carbocycles. The lowest BCUT2D eigenvalue weighted by Crippen LogP contribution is -2.34. The van der Waals surface area contributed by atoms with E-state index in [2.05, 4.69) is 51.6 Å². The topological polar surface area (TPSA) is 35.8 Å². The van der Waals surface area contributed by atoms with Gasteiger partial charge in [0.1, 0.15) is 0 Å². The quantitative estimate of drug-likeness (QED) is 0.801. The molecule has 21 heavy (non-hydrogen) atoms. The first-order valence-corrected chi connectivity index (χ1v) is 8.04. The van der Waals surface area contributed by atoms with Crippen molar-refractivity contribution in [2.45, 2.75) is 24.8 Å². The van der Waals surface area contributed by atoms with Crippen LogP contribution in [0.4, 0.5) is 5.69 Å². The Balaban J connectivity index is 1.60. The van der Waals surface area contributed by atoms with Crippen LogP contribution < -0.4 is 5.32 Å². The minimum absolute atomic E-state index is 0.448. The van der Waals surface area contributed by atoms with Gasteiger partial charge in [-0.15, -0.1) is 0 Å². The molecule has 1 fully saturated rings. The fourth-order valence-electron chi connectivity index (χ4n) is 2.66. The van der Waals surface area contributed by atoms with Crippen LogP contribution in [0.3, 0.4) is 0 Å². The van der Waals surface area contributed by atoms with Crippen LogP contribution in [0.5, 0.6) is 0 Å². The molecule has 2 aromatic carbocycles. The van der Waals surface area contributed by atoms with Gasteiger partial charge in [-0.2, -0.15) is 5.26 Å². The number of hydrogen-bond acceptors (Lipinski definition) is 2. The zero-order valence-electron chi connectivity index (χ0n) is 11.3. The third-order valence-electron chi connectivity index (χ3n) is 3.94. The van der Waals surface area contributed by atoms with E-state index in [9.17, 15) is 0 Å². The average Bonchev–Trinajstić information content (AvgIpc) is 2.45. The van der Waals surface area contributed by atoms with Crippen LogP contribution in [0, 0.1) is 11.3 Å². The van der Waals surface area contributed by atoms with Crippen molar-refractivity contribution >= 4 is 33.2 Å². The zero-order chi connectivity index (χ0) is 14.8. The lowest BCUT2D eigenvalue weighted by atomic mass is 9.76. The highest BCUT2D eigenvalue weighted by Crippen LogP contribution is 2.39. The van der Waals surface area contributed by atoms with Crippen LogP contribution in [0.1, 0.15) is 29.9 Å². The van der Waals surface area contributed by atoms with E-state index in [-0.39, 0.29) is 0 Å². The summed E-state index contributed by atoms with van der Waals surface area (Å²) in [5.74, 6) is 0.618. The van der Waals surface area contributed by atoms with E-state index >= 15 is 0 Å². The van der Waals surface area contributed by atoms with Crippen molar-refractivity contribution in [3.63, 3.8) is 0 Å². The molecule has 0 atom stereocenters. The molecule has 0 radical (unpaired) electrons. The van der Waals surface area contributed by atoms with Crippen molar-refractivity contribution in [2.24, 2.45) is 0 Å². The van der Waals surface area contributed by atoms with Crippen LogP contribution in [0.15, 0.2) is 46.9 Å². The minimum Gasteiger partial charge on any atom is -0.381 e. The van der Waals surface area contributed by atoms with Crippen molar-refractivity contribution in [2.75, 3.05) is 5.32 Å². The molecule has 2 nitrogen and oxygen atoms in total. The van der Waals surface area contributed by atoms with Crippen molar-refractivity contribution < 1.29 is 0 Å². The third-order valence-corrected chi connectivity index (χ3v) is 4.78. The summed E-state index contributed by atoms with van der Waals surface area (Å²) in [7, 11) is 0. The second-order valence-corrected chi connectivity index (χ2v) is 6.69. The van der Waals surface area contributed by atoms with Crippen molar-refractivity contribution in [1.82, 2.24) is 0 Å². The molecule has 0 saturated heterocycles. The Labute approximate surface area is 137 Å². The predicted octanol–water partition coefficient (Wildman–Crippen LogP) is 5.33. The Morgan fingerprint density at radius 3 is 2.48 bits per heavy atom. The van der Waals surface area contributed by atoms with Gasteiger partial charge in [0.25, 0.3) is 0 Å². The fraction of sp³-hybridized carbons (Fsp3) is 0.235. The van der Waals surface area contributed by atoms with Crippen molar-refractivity contribution in [3.8, 4) is 6.07 Å². The van der Waals surface area contributed by atoms with E-state index < -0.39 is 0 Å². The van der Waals surface area contributed by atoms with E-state index in [0.29, 0.717) is 22.5 Å². The first-order chi connectivity index (χ1) is 10.2. The SMILES string of the molecule is N#Cc1ccc(NC2CC(c3ccc(Br)cc3)C2)c(Cl)c1. The van der Waals surface area contributed by atoms with Gasteiger partial charge in [0, 0.05) is 10.5 Å². The Morgan fingerprint density at radius 2 is 1.86 bits per heavy atom. The molecule has 1 saturated carbocycles. The normalized spacial score (nSPS) is 20.4. The lowest BCUT2D eigenvalue weighted by molar-refractivity contribution is 0.374. The van der Waals surface area contributed by atoms with Crippen LogP contribution in [0.2, 0.25) is 5.02 Å². The number of halogens is 2. The summed E-state index contributed by atoms with van der Waals surface area (Å²) in [5, 5.41) is 12.9. The summed E-state index contributed by atoms with van der Waals surface area (Å²) in [6, 6.07) is 16.5. The molecule has 0 unspecified atom stereocenters. The van der Waals surface area contributed by atoms with E-state index in [1.165, 1.54) is 5.56 Å². The highest BCUT2D eigenvalue weighted by atomic mass is 79.9. The maximum absolute atomic E-state index is 8.84. The largest absolute Gasteiger partial charge is 0.381 e. The van der Waals surface area contributed by atoms with Gasteiger partial charge in [-0.1, -0.05) is 39.7 Å². The number of rotatable bonds is 3. The minimum atomic E-state index is 0.448. The van der Waals surface area contributed by atoms with Crippen molar-refractivity contribution in [1.29, 1.82) is 5.26 Å². The molecule has 3 rings (SSSR count). The molecule has 1 aliphatic rings. The van der Waals surface area contributed by atoms with E-state index in [1.807, 2.05) is 6.07 Å². The molecular weight excluding hydrogens is 348 g/mol. The van der Waals surface area contributed by atoms with Gasteiger partial charge in [-0.25, -0.2) is 0 Å². The molecule has 0 amide bonds. The Hall–Kier alpha value is -1.50. The molecular formula is C17H14BrClN2. The maximum atomic E-state index is 8.84. The summed E-state index contributed by atoms with van der Waals surface area (Å²) >= 11 is 9.65. The fourth-order valence-corrected chi connectivity index (χ4v) is 3.16. The summed E-state index contributed by atoms with van der Waals surface area (Å²) in [4.78, 5) is 0. The molecule has 1 N–H and O–H groups in total. The Kier molecular flexibility index (Phi) is 4.19. The molecule has 0 aliphatic heterocycles. The molecule has 0 aromatic heterocycles. The standard InChI is InChI=1S/C17H14BrClN2/c18-14-4-2-12(3-5-14)13-8-15(9-13)21-17-6-1-11(10-20)7-16(17)19/h1-7,13,15,21H,8-9H2. The summed E-state index contributed by atoms with van der Waals surface area (Å²) in [5.41, 5.74) is 2.89. The molecule has 4 heteroatoms. The monoisotopic (exact) mass is 360 g/mol. The Morgan fingerprint density at radius 1 is 1.14 bits per heavy atom. The third kappa shape index (κ3) is 3.23. The van der Waals surface area contributed by atoms with Gasteiger partial charge >= 0.3 is 0 Å². The van der Waals surface area contributed by atoms with Crippen LogP contribution in [-0.4, -0.2) is 6.04 Å². The highest BCUT2D eigenvalue weighted by molar-refractivity contribution is 9.10. The van der Waals surface area contributed by atoms with Gasteiger partial charge in [0.15, 0.2) is 0 Å². The maximum Gasteiger partial charge on any atom is 0.0992 e. The molecule has 0 bridgehead atoms. The highest BCUT2D eigenvalue weighted by Gasteiger charge is 2.30. The smallest absolute Gasteiger partial charge is 0.0992 e. The van der Waals surface area contributed by atoms with E-state index in [4.69, 9.17) is 16.9 Å². The summed E-state index contributed by atoms with van der Waals surface area (Å²) in [6.07, 6.45) is 2.22. The second-order valence-electron chi connectivity index (χ2n) is 5.37. The molecule has 2 aromatic rings. The van der Waals surface area contributed by atoms with Crippen LogP contribution >= 0.6 is 27.5 Å². The van der Waals surface area contributed by atoms with Crippen LogP contribution in [0.25, 0.3) is 0 Å². The van der Waals surface area contributed by atoms with Gasteiger partial charge in [0.2, 0.25) is 0 Å². The van der Waals surface area contributed by atoms with Gasteiger partial charge in [-0.3, -0.25) is 0 Å². The number of benzene rings is 2. The molecule has 0 spiro atoms. The first kappa shape index (κ1) is 14.4. The van der Waals surface area contributed by atoms with Gasteiger partial charge in [0.05, 0.1) is 22.3 Å². The van der Waals surface area contributed by atoms with Gasteiger partial charge in [-0.05, 0) is 54.7 Å². The summed E-state index contributed by atoms with van der Waals surface area (Å²) in [6.45, 7) is 0. The average molecular weight is 362 g/mol. The number of nitriles is 1. The number of hydrogen-bond donors (Lipinski definition) is 1. The summed E-state index contributed by atoms with van der Waals surface area (Å²) < 4.78 is 1.12. The molecule has 0 heterocycles. The van der Waals surface area contributed by atoms with E-state index in [0.717, 1.165) is 23.0 Å². The zero-order valence-corrected chi connectivity index (χ0v) is 13.7. The number of anilines is 1. The number of nitrogens with one attached hydrogen (secondary N) is 1. The van der Waals surface area contributed by atoms with Gasteiger partial charge < -0.3 is 5.32 Å².